The third-order valence-corrected chi connectivity index (χ3v) is 4.41. The van der Waals surface area contributed by atoms with Crippen LogP contribution in [0.15, 0.2) is 11.8 Å². The number of rotatable bonds is 4. The number of hydrogen-bond donors (Lipinski definition) is 0. The zero-order chi connectivity index (χ0) is 15.6. The maximum absolute atomic E-state index is 11.7. The summed E-state index contributed by atoms with van der Waals surface area (Å²) in [6.45, 7) is 11.3. The highest BCUT2D eigenvalue weighted by Crippen LogP contribution is 2.40. The summed E-state index contributed by atoms with van der Waals surface area (Å²) in [5, 5.41) is 0. The van der Waals surface area contributed by atoms with Crippen LogP contribution in [0, 0.1) is 5.92 Å². The maximum atomic E-state index is 11.7. The van der Waals surface area contributed by atoms with Crippen molar-refractivity contribution in [3.63, 3.8) is 0 Å². The molecule has 0 spiro atoms. The second-order valence-corrected chi connectivity index (χ2v) is 6.81. The van der Waals surface area contributed by atoms with Gasteiger partial charge in [-0.3, -0.25) is 4.90 Å². The number of allylic oxidation sites excluding steroid dienone is 1. The van der Waals surface area contributed by atoms with E-state index in [4.69, 9.17) is 9.47 Å². The first-order valence-electron chi connectivity index (χ1n) is 7.31. The quantitative estimate of drug-likeness (QED) is 0.452. The molecule has 0 saturated carbocycles. The number of likely N-dealkylation sites (tertiary alicyclic amines) is 1. The van der Waals surface area contributed by atoms with Crippen LogP contribution in [0.5, 0.6) is 0 Å². The SMILES string of the molecule is CCOC(=CC1CC(C)(C)N(C)C(C)(C)C1)C(=O)OC. The fourth-order valence-electron chi connectivity index (χ4n) is 3.21. The molecule has 1 heterocycles. The lowest BCUT2D eigenvalue weighted by Crippen LogP contribution is -2.58. The van der Waals surface area contributed by atoms with Crippen LogP contribution in [0.25, 0.3) is 0 Å². The molecule has 1 aliphatic heterocycles. The molecule has 1 saturated heterocycles. The Morgan fingerprint density at radius 3 is 2.15 bits per heavy atom. The highest BCUT2D eigenvalue weighted by Gasteiger charge is 2.42. The molecule has 0 N–H and O–H groups in total. The van der Waals surface area contributed by atoms with Gasteiger partial charge in [0.05, 0.1) is 13.7 Å². The first-order chi connectivity index (χ1) is 9.14. The van der Waals surface area contributed by atoms with Crippen molar-refractivity contribution >= 4 is 5.97 Å². The van der Waals surface area contributed by atoms with Crippen molar-refractivity contribution in [1.29, 1.82) is 0 Å². The van der Waals surface area contributed by atoms with Gasteiger partial charge in [-0.2, -0.15) is 0 Å². The van der Waals surface area contributed by atoms with Crippen LogP contribution in [-0.4, -0.2) is 42.7 Å². The Bertz CT molecular complexity index is 367. The van der Waals surface area contributed by atoms with E-state index in [9.17, 15) is 4.79 Å². The molecule has 0 unspecified atom stereocenters. The molecule has 1 aliphatic rings. The van der Waals surface area contributed by atoms with Gasteiger partial charge in [0.15, 0.2) is 0 Å². The monoisotopic (exact) mass is 283 g/mol. The molecular formula is C16H29NO3. The smallest absolute Gasteiger partial charge is 0.372 e. The number of hydrogen-bond acceptors (Lipinski definition) is 4. The Balaban J connectivity index is 2.98. The average Bonchev–Trinajstić information content (AvgIpc) is 2.33. The third kappa shape index (κ3) is 3.75. The number of nitrogens with zero attached hydrogens (tertiary/aromatic N) is 1. The normalized spacial score (nSPS) is 23.4. The molecule has 0 amide bonds. The Morgan fingerprint density at radius 2 is 1.75 bits per heavy atom. The zero-order valence-corrected chi connectivity index (χ0v) is 13.9. The van der Waals surface area contributed by atoms with Gasteiger partial charge in [-0.05, 0) is 66.5 Å². The van der Waals surface area contributed by atoms with E-state index in [0.29, 0.717) is 18.3 Å². The van der Waals surface area contributed by atoms with E-state index in [1.54, 1.807) is 0 Å². The number of carbonyl (C=O) groups is 1. The Labute approximate surface area is 123 Å². The van der Waals surface area contributed by atoms with Crippen LogP contribution in [-0.2, 0) is 14.3 Å². The molecule has 4 nitrogen and oxygen atoms in total. The molecule has 0 aromatic carbocycles. The summed E-state index contributed by atoms with van der Waals surface area (Å²) < 4.78 is 10.2. The van der Waals surface area contributed by atoms with E-state index in [1.165, 1.54) is 7.11 Å². The van der Waals surface area contributed by atoms with E-state index >= 15 is 0 Å². The van der Waals surface area contributed by atoms with E-state index < -0.39 is 0 Å². The van der Waals surface area contributed by atoms with E-state index in [-0.39, 0.29) is 17.0 Å². The largest absolute Gasteiger partial charge is 0.487 e. The fourth-order valence-corrected chi connectivity index (χ4v) is 3.21. The number of carbonyl (C=O) groups excluding carboxylic acids is 1. The molecule has 0 aromatic rings. The average molecular weight is 283 g/mol. The fraction of sp³-hybridized carbons (Fsp3) is 0.812. The second-order valence-electron chi connectivity index (χ2n) is 6.81. The van der Waals surface area contributed by atoms with Gasteiger partial charge in [0.1, 0.15) is 0 Å². The van der Waals surface area contributed by atoms with E-state index in [0.717, 1.165) is 12.8 Å². The lowest BCUT2D eigenvalue weighted by molar-refractivity contribution is -0.140. The van der Waals surface area contributed by atoms with Gasteiger partial charge in [0, 0.05) is 11.1 Å². The molecule has 1 fully saturated rings. The van der Waals surface area contributed by atoms with Crippen molar-refractivity contribution < 1.29 is 14.3 Å². The lowest BCUT2D eigenvalue weighted by Gasteiger charge is -2.53. The van der Waals surface area contributed by atoms with Gasteiger partial charge in [-0.1, -0.05) is 0 Å². The topological polar surface area (TPSA) is 38.8 Å². The van der Waals surface area contributed by atoms with E-state index in [1.807, 2.05) is 13.0 Å². The molecule has 0 atom stereocenters. The molecule has 4 heteroatoms. The van der Waals surface area contributed by atoms with Gasteiger partial charge < -0.3 is 9.47 Å². The summed E-state index contributed by atoms with van der Waals surface area (Å²) in [6.07, 6.45) is 3.95. The van der Waals surface area contributed by atoms with Crippen molar-refractivity contribution in [2.45, 2.75) is 58.5 Å². The summed E-state index contributed by atoms with van der Waals surface area (Å²) >= 11 is 0. The molecule has 1 rings (SSSR count). The number of esters is 1. The van der Waals surface area contributed by atoms with Crippen molar-refractivity contribution in [2.75, 3.05) is 20.8 Å². The van der Waals surface area contributed by atoms with Crippen LogP contribution < -0.4 is 0 Å². The first-order valence-corrected chi connectivity index (χ1v) is 7.31. The van der Waals surface area contributed by atoms with Gasteiger partial charge in [-0.15, -0.1) is 0 Å². The summed E-state index contributed by atoms with van der Waals surface area (Å²) in [7, 11) is 3.56. The Hall–Kier alpha value is -1.03. The Morgan fingerprint density at radius 1 is 1.25 bits per heavy atom. The number of piperidine rings is 1. The van der Waals surface area contributed by atoms with Crippen LogP contribution in [0.2, 0.25) is 0 Å². The minimum absolute atomic E-state index is 0.0936. The molecule has 0 aliphatic carbocycles. The van der Waals surface area contributed by atoms with Crippen LogP contribution >= 0.6 is 0 Å². The van der Waals surface area contributed by atoms with Crippen molar-refractivity contribution in [2.24, 2.45) is 5.92 Å². The third-order valence-electron chi connectivity index (χ3n) is 4.41. The minimum Gasteiger partial charge on any atom is -0.487 e. The number of ether oxygens (including phenoxy) is 2. The van der Waals surface area contributed by atoms with Gasteiger partial charge in [0.25, 0.3) is 0 Å². The predicted molar refractivity (Wildman–Crippen MR) is 80.4 cm³/mol. The van der Waals surface area contributed by atoms with Crippen LogP contribution in [0.3, 0.4) is 0 Å². The molecule has 0 aromatic heterocycles. The molecule has 0 radical (unpaired) electrons. The standard InChI is InChI=1S/C16H29NO3/c1-8-20-13(14(18)19-7)9-12-10-15(2,3)17(6)16(4,5)11-12/h9,12H,8,10-11H2,1-7H3. The highest BCUT2D eigenvalue weighted by molar-refractivity contribution is 5.86. The summed E-state index contributed by atoms with van der Waals surface area (Å²) in [6, 6.07) is 0. The van der Waals surface area contributed by atoms with Crippen molar-refractivity contribution in [3.8, 4) is 0 Å². The molecule has 0 bridgehead atoms. The van der Waals surface area contributed by atoms with Crippen molar-refractivity contribution in [3.05, 3.63) is 11.8 Å². The van der Waals surface area contributed by atoms with Crippen LogP contribution in [0.4, 0.5) is 0 Å². The van der Waals surface area contributed by atoms with Gasteiger partial charge in [0.2, 0.25) is 5.76 Å². The summed E-state index contributed by atoms with van der Waals surface area (Å²) in [5.74, 6) is 0.273. The summed E-state index contributed by atoms with van der Waals surface area (Å²) in [4.78, 5) is 14.2. The van der Waals surface area contributed by atoms with Crippen LogP contribution in [0.1, 0.15) is 47.5 Å². The molecule has 116 valence electrons. The molecule has 20 heavy (non-hydrogen) atoms. The van der Waals surface area contributed by atoms with E-state index in [2.05, 4.69) is 39.6 Å². The lowest BCUT2D eigenvalue weighted by atomic mass is 9.74. The zero-order valence-electron chi connectivity index (χ0n) is 13.9. The highest BCUT2D eigenvalue weighted by atomic mass is 16.6. The first kappa shape index (κ1) is 17.0. The predicted octanol–water partition coefficient (Wildman–Crippen LogP) is 2.98. The van der Waals surface area contributed by atoms with Gasteiger partial charge in [-0.25, -0.2) is 4.79 Å². The van der Waals surface area contributed by atoms with Gasteiger partial charge >= 0.3 is 5.97 Å². The molecular weight excluding hydrogens is 254 g/mol. The maximum Gasteiger partial charge on any atom is 0.372 e. The second kappa shape index (κ2) is 6.17. The minimum atomic E-state index is -0.388. The number of methoxy groups -OCH3 is 1. The summed E-state index contributed by atoms with van der Waals surface area (Å²) in [5.41, 5.74) is 0.187. The van der Waals surface area contributed by atoms with Crippen molar-refractivity contribution in [1.82, 2.24) is 4.90 Å². The Kier molecular flexibility index (Phi) is 5.25.